The highest BCUT2D eigenvalue weighted by Crippen LogP contribution is 2.20. The van der Waals surface area contributed by atoms with Crippen molar-refractivity contribution < 1.29 is 8.78 Å². The van der Waals surface area contributed by atoms with Crippen LogP contribution in [0.25, 0.3) is 0 Å². The van der Waals surface area contributed by atoms with Crippen LogP contribution in [0.2, 0.25) is 0 Å². The minimum Gasteiger partial charge on any atom is -0.326 e. The average Bonchev–Trinajstić information content (AvgIpc) is 1.60. The third-order valence-electron chi connectivity index (χ3n) is 1.35. The fourth-order valence-corrected chi connectivity index (χ4v) is 0.968. The Morgan fingerprint density at radius 2 is 2.22 bits per heavy atom. The second-order valence-corrected chi connectivity index (χ2v) is 2.45. The Morgan fingerprint density at radius 1 is 1.56 bits per heavy atom. The Kier molecular flexibility index (Phi) is 1.68. The van der Waals surface area contributed by atoms with Gasteiger partial charge in [-0.3, -0.25) is 0 Å². The first-order valence-corrected chi connectivity index (χ1v) is 2.94. The summed E-state index contributed by atoms with van der Waals surface area (Å²) >= 11 is 0. The first-order chi connectivity index (χ1) is 4.10. The summed E-state index contributed by atoms with van der Waals surface area (Å²) in [5, 5.41) is 2.55. The predicted octanol–water partition coefficient (Wildman–Crippen LogP) is -0.0577. The molecule has 1 aliphatic rings. The molecule has 0 aromatic carbocycles. The molecule has 1 heterocycles. The van der Waals surface area contributed by atoms with E-state index < -0.39 is 5.92 Å². The van der Waals surface area contributed by atoms with Gasteiger partial charge in [0.05, 0.1) is 6.54 Å². The van der Waals surface area contributed by atoms with Crippen LogP contribution in [-0.2, 0) is 0 Å². The second kappa shape index (κ2) is 2.19. The van der Waals surface area contributed by atoms with Crippen molar-refractivity contribution in [3.05, 3.63) is 0 Å². The van der Waals surface area contributed by atoms with Gasteiger partial charge in [0.25, 0.3) is 5.92 Å². The van der Waals surface area contributed by atoms with E-state index in [1.807, 2.05) is 0 Å². The smallest absolute Gasteiger partial charge is 0.261 e. The van der Waals surface area contributed by atoms with E-state index in [9.17, 15) is 8.78 Å². The van der Waals surface area contributed by atoms with Crippen molar-refractivity contribution in [3.63, 3.8) is 0 Å². The second-order valence-electron chi connectivity index (χ2n) is 2.45. The quantitative estimate of drug-likeness (QED) is 0.489. The van der Waals surface area contributed by atoms with Gasteiger partial charge in [-0.2, -0.15) is 0 Å². The van der Waals surface area contributed by atoms with Crippen molar-refractivity contribution in [2.75, 3.05) is 13.1 Å². The highest BCUT2D eigenvalue weighted by molar-refractivity contribution is 4.83. The molecule has 0 unspecified atom stereocenters. The molecule has 0 aromatic rings. The van der Waals surface area contributed by atoms with Gasteiger partial charge in [0.1, 0.15) is 0 Å². The van der Waals surface area contributed by atoms with Crippen LogP contribution in [0.5, 0.6) is 0 Å². The van der Waals surface area contributed by atoms with Crippen LogP contribution in [0.4, 0.5) is 8.78 Å². The molecule has 4 heteroatoms. The van der Waals surface area contributed by atoms with Crippen molar-refractivity contribution in [2.24, 2.45) is 5.73 Å². The Bertz CT molecular complexity index is 105. The highest BCUT2D eigenvalue weighted by Gasteiger charge is 2.34. The molecular weight excluding hydrogens is 126 g/mol. The molecule has 54 valence electrons. The van der Waals surface area contributed by atoms with Crippen LogP contribution >= 0.6 is 0 Å². The molecule has 1 fully saturated rings. The molecule has 1 saturated heterocycles. The van der Waals surface area contributed by atoms with E-state index >= 15 is 0 Å². The molecule has 0 radical (unpaired) electrons. The minimum absolute atomic E-state index is 0.181. The lowest BCUT2D eigenvalue weighted by molar-refractivity contribution is -0.0266. The van der Waals surface area contributed by atoms with E-state index in [4.69, 9.17) is 5.73 Å². The molecule has 3 N–H and O–H groups in total. The molecule has 1 rings (SSSR count). The SMILES string of the molecule is N[C@H]1CNCC(F)(F)C1. The van der Waals surface area contributed by atoms with Gasteiger partial charge in [-0.15, -0.1) is 0 Å². The molecule has 1 aliphatic heterocycles. The van der Waals surface area contributed by atoms with Gasteiger partial charge >= 0.3 is 0 Å². The van der Waals surface area contributed by atoms with Crippen LogP contribution in [0.15, 0.2) is 0 Å². The van der Waals surface area contributed by atoms with Gasteiger partial charge in [-0.25, -0.2) is 8.78 Å². The normalized spacial score (nSPS) is 34.3. The standard InChI is InChI=1S/C5H10F2N2/c6-5(7)1-4(8)2-9-3-5/h4,9H,1-3,8H2/t4-/m1/s1. The van der Waals surface area contributed by atoms with Crippen molar-refractivity contribution in [3.8, 4) is 0 Å². The Labute approximate surface area is 52.4 Å². The van der Waals surface area contributed by atoms with E-state index in [2.05, 4.69) is 5.32 Å². The zero-order chi connectivity index (χ0) is 6.91. The Morgan fingerprint density at radius 3 is 2.56 bits per heavy atom. The third-order valence-corrected chi connectivity index (χ3v) is 1.35. The topological polar surface area (TPSA) is 38.0 Å². The van der Waals surface area contributed by atoms with Crippen molar-refractivity contribution in [1.29, 1.82) is 0 Å². The van der Waals surface area contributed by atoms with Crippen molar-refractivity contribution in [2.45, 2.75) is 18.4 Å². The zero-order valence-corrected chi connectivity index (χ0v) is 5.03. The van der Waals surface area contributed by atoms with Gasteiger partial charge in [0.2, 0.25) is 0 Å². The summed E-state index contributed by atoms with van der Waals surface area (Å²) in [4.78, 5) is 0. The summed E-state index contributed by atoms with van der Waals surface area (Å²) in [5.74, 6) is -2.59. The van der Waals surface area contributed by atoms with Crippen LogP contribution in [0.1, 0.15) is 6.42 Å². The van der Waals surface area contributed by atoms with Crippen LogP contribution in [0, 0.1) is 0 Å². The van der Waals surface area contributed by atoms with Gasteiger partial charge in [0.15, 0.2) is 0 Å². The number of alkyl halides is 2. The third kappa shape index (κ3) is 1.87. The fourth-order valence-electron chi connectivity index (χ4n) is 0.968. The lowest BCUT2D eigenvalue weighted by Crippen LogP contribution is -2.49. The van der Waals surface area contributed by atoms with E-state index in [-0.39, 0.29) is 19.0 Å². The highest BCUT2D eigenvalue weighted by atomic mass is 19.3. The number of halogens is 2. The van der Waals surface area contributed by atoms with Gasteiger partial charge in [-0.1, -0.05) is 0 Å². The maximum atomic E-state index is 12.3. The molecule has 0 bridgehead atoms. The largest absolute Gasteiger partial charge is 0.326 e. The monoisotopic (exact) mass is 136 g/mol. The number of nitrogens with two attached hydrogens (primary N) is 1. The first kappa shape index (κ1) is 6.89. The maximum absolute atomic E-state index is 12.3. The molecule has 1 atom stereocenters. The van der Waals surface area contributed by atoms with Gasteiger partial charge in [-0.05, 0) is 0 Å². The molecule has 0 aliphatic carbocycles. The zero-order valence-electron chi connectivity index (χ0n) is 5.03. The van der Waals surface area contributed by atoms with Crippen LogP contribution in [0.3, 0.4) is 0 Å². The average molecular weight is 136 g/mol. The molecule has 9 heavy (non-hydrogen) atoms. The van der Waals surface area contributed by atoms with Crippen molar-refractivity contribution >= 4 is 0 Å². The molecular formula is C5H10F2N2. The summed E-state index contributed by atoms with van der Waals surface area (Å²) in [6.45, 7) is 0.288. The number of rotatable bonds is 0. The van der Waals surface area contributed by atoms with Crippen molar-refractivity contribution in [1.82, 2.24) is 5.32 Å². The molecule has 0 saturated carbocycles. The number of hydrogen-bond donors (Lipinski definition) is 2. The summed E-state index contributed by atoms with van der Waals surface area (Å²) in [7, 11) is 0. The summed E-state index contributed by atoms with van der Waals surface area (Å²) in [6.07, 6.45) is -0.181. The fraction of sp³-hybridized carbons (Fsp3) is 1.00. The number of nitrogens with one attached hydrogen (secondary N) is 1. The Balaban J connectivity index is 2.41. The lowest BCUT2D eigenvalue weighted by atomic mass is 10.1. The van der Waals surface area contributed by atoms with Crippen LogP contribution < -0.4 is 11.1 Å². The van der Waals surface area contributed by atoms with E-state index in [1.165, 1.54) is 0 Å². The summed E-state index contributed by atoms with van der Waals surface area (Å²) in [6, 6.07) is -0.381. The minimum atomic E-state index is -2.59. The van der Waals surface area contributed by atoms with Gasteiger partial charge < -0.3 is 11.1 Å². The van der Waals surface area contributed by atoms with E-state index in [1.54, 1.807) is 0 Å². The molecule has 0 amide bonds. The number of piperidine rings is 1. The maximum Gasteiger partial charge on any atom is 0.261 e. The lowest BCUT2D eigenvalue weighted by Gasteiger charge is -2.26. The van der Waals surface area contributed by atoms with E-state index in [0.717, 1.165) is 0 Å². The summed E-state index contributed by atoms with van der Waals surface area (Å²) < 4.78 is 24.6. The predicted molar refractivity (Wildman–Crippen MR) is 30.4 cm³/mol. The summed E-state index contributed by atoms with van der Waals surface area (Å²) in [5.41, 5.74) is 5.27. The molecule has 2 nitrogen and oxygen atoms in total. The van der Waals surface area contributed by atoms with Crippen LogP contribution in [-0.4, -0.2) is 25.1 Å². The Hall–Kier alpha value is -0.220. The first-order valence-electron chi connectivity index (χ1n) is 2.94. The molecule has 0 aromatic heterocycles. The van der Waals surface area contributed by atoms with Gasteiger partial charge in [0, 0.05) is 19.0 Å². The molecule has 0 spiro atoms. The number of hydrogen-bond acceptors (Lipinski definition) is 2. The van der Waals surface area contributed by atoms with E-state index in [0.29, 0.717) is 6.54 Å².